The van der Waals surface area contributed by atoms with Gasteiger partial charge in [-0.3, -0.25) is 4.79 Å². The molecule has 0 saturated heterocycles. The Kier molecular flexibility index (Phi) is 7.85. The zero-order valence-electron chi connectivity index (χ0n) is 26.1. The molecule has 10 atom stereocenters. The summed E-state index contributed by atoms with van der Waals surface area (Å²) in [6.45, 7) is 12.6. The van der Waals surface area contributed by atoms with E-state index in [4.69, 9.17) is 0 Å². The zero-order valence-corrected chi connectivity index (χ0v) is 26.1. The first-order valence-corrected chi connectivity index (χ1v) is 16.8. The number of aliphatic hydroxyl groups excluding tert-OH is 2. The Balaban J connectivity index is 1.10. The zero-order chi connectivity index (χ0) is 29.1. The van der Waals surface area contributed by atoms with Crippen LogP contribution in [0.1, 0.15) is 98.8 Å². The number of benzene rings is 1. The van der Waals surface area contributed by atoms with Crippen molar-refractivity contribution in [3.8, 4) is 0 Å². The second-order valence-corrected chi connectivity index (χ2v) is 15.6. The van der Waals surface area contributed by atoms with E-state index in [9.17, 15) is 15.0 Å². The molecule has 0 spiro atoms. The molecule has 5 heteroatoms. The lowest BCUT2D eigenvalue weighted by atomic mass is 9.43. The lowest BCUT2D eigenvalue weighted by Gasteiger charge is -2.62. The minimum absolute atomic E-state index is 0.0562. The minimum Gasteiger partial charge on any atom is -0.393 e. The molecule has 6 rings (SSSR count). The topological polar surface area (TPSA) is 74.5 Å². The van der Waals surface area contributed by atoms with Crippen LogP contribution in [0.3, 0.4) is 0 Å². The van der Waals surface area contributed by atoms with Crippen molar-refractivity contribution in [1.29, 1.82) is 0 Å². The Labute approximate surface area is 247 Å². The van der Waals surface area contributed by atoms with Crippen LogP contribution >= 0.6 is 0 Å². The number of carbonyl (C=O) groups is 1. The number of hydrogen-bond acceptors (Lipinski definition) is 3. The molecule has 2 aromatic rings. The SMILES string of the molecule is CC(C)Cn1ccc2c(NC(=O)CC[C@@H](C)[C@H]3CC[C@H]4[C@@H]5CC[C@@H]6C[C@H](O)CC[C@]6(C)[C@H]5C[C@H](O)[C@]34C)cccc21. The first kappa shape index (κ1) is 29.2. The average molecular weight is 563 g/mol. The van der Waals surface area contributed by atoms with Gasteiger partial charge in [-0.05, 0) is 128 Å². The van der Waals surface area contributed by atoms with Crippen LogP contribution in [0.5, 0.6) is 0 Å². The van der Waals surface area contributed by atoms with Gasteiger partial charge in [0.15, 0.2) is 0 Å². The number of nitrogens with one attached hydrogen (secondary N) is 1. The lowest BCUT2D eigenvalue weighted by molar-refractivity contribution is -0.174. The van der Waals surface area contributed by atoms with Gasteiger partial charge in [0.2, 0.25) is 5.91 Å². The van der Waals surface area contributed by atoms with Crippen molar-refractivity contribution in [3.05, 3.63) is 30.5 Å². The summed E-state index contributed by atoms with van der Waals surface area (Å²) in [5.41, 5.74) is 2.29. The highest BCUT2D eigenvalue weighted by Crippen LogP contribution is 2.68. The molecule has 4 aliphatic rings. The van der Waals surface area contributed by atoms with Gasteiger partial charge in [0.1, 0.15) is 0 Å². The van der Waals surface area contributed by atoms with E-state index in [0.29, 0.717) is 47.8 Å². The predicted octanol–water partition coefficient (Wildman–Crippen LogP) is 7.64. The molecular weight excluding hydrogens is 508 g/mol. The van der Waals surface area contributed by atoms with Gasteiger partial charge in [-0.15, -0.1) is 0 Å². The number of fused-ring (bicyclic) bond motifs is 6. The number of aliphatic hydroxyl groups is 2. The van der Waals surface area contributed by atoms with Gasteiger partial charge in [-0.1, -0.05) is 40.7 Å². The normalized spacial score (nSPS) is 39.3. The van der Waals surface area contributed by atoms with Crippen LogP contribution in [0.4, 0.5) is 5.69 Å². The number of nitrogens with zero attached hydrogens (tertiary/aromatic N) is 1. The number of hydrogen-bond donors (Lipinski definition) is 3. The van der Waals surface area contributed by atoms with E-state index in [2.05, 4.69) is 62.8 Å². The number of aromatic nitrogens is 1. The molecule has 1 aromatic heterocycles. The molecule has 1 heterocycles. The molecule has 4 fully saturated rings. The number of carbonyl (C=O) groups excluding carboxylic acids is 1. The van der Waals surface area contributed by atoms with Gasteiger partial charge in [0.25, 0.3) is 0 Å². The lowest BCUT2D eigenvalue weighted by Crippen LogP contribution is -2.58. The smallest absolute Gasteiger partial charge is 0.224 e. The van der Waals surface area contributed by atoms with Crippen molar-refractivity contribution in [2.45, 2.75) is 118 Å². The third-order valence-electron chi connectivity index (χ3n) is 13.0. The number of amides is 1. The molecule has 0 bridgehead atoms. The van der Waals surface area contributed by atoms with Crippen molar-refractivity contribution in [2.24, 2.45) is 52.3 Å². The van der Waals surface area contributed by atoms with Gasteiger partial charge in [-0.25, -0.2) is 0 Å². The minimum atomic E-state index is -0.271. The molecule has 4 saturated carbocycles. The second-order valence-electron chi connectivity index (χ2n) is 15.6. The van der Waals surface area contributed by atoms with Gasteiger partial charge in [0.05, 0.1) is 23.4 Å². The van der Waals surface area contributed by atoms with Crippen molar-refractivity contribution >= 4 is 22.5 Å². The van der Waals surface area contributed by atoms with E-state index in [1.807, 2.05) is 12.1 Å². The van der Waals surface area contributed by atoms with E-state index in [1.165, 1.54) is 31.2 Å². The van der Waals surface area contributed by atoms with E-state index in [-0.39, 0.29) is 28.9 Å². The number of anilines is 1. The molecule has 4 aliphatic carbocycles. The standard InChI is InChI=1S/C36H54N2O3/c1-22(2)21-38-18-16-27-31(7-6-8-32(27)38)37-34(41)14-9-23(3)28-12-13-29-26-11-10-24-19-25(39)15-17-35(24,4)30(26)20-33(40)36(28,29)5/h6-8,16,18,22-26,28-30,33,39-40H,9-15,17,19-21H2,1-5H3,(H,37,41)/t23-,24-,25-,26+,28-,29+,30+,33+,35+,36-/m1/s1. The summed E-state index contributed by atoms with van der Waals surface area (Å²) in [5.74, 6) is 3.99. The van der Waals surface area contributed by atoms with Crippen LogP contribution in [-0.2, 0) is 11.3 Å². The van der Waals surface area contributed by atoms with Crippen LogP contribution in [0.15, 0.2) is 30.5 Å². The van der Waals surface area contributed by atoms with Crippen LogP contribution in [0, 0.1) is 52.3 Å². The molecule has 5 nitrogen and oxygen atoms in total. The fraction of sp³-hybridized carbons (Fsp3) is 0.750. The fourth-order valence-corrected chi connectivity index (χ4v) is 10.8. The Morgan fingerprint density at radius 3 is 2.61 bits per heavy atom. The number of rotatable bonds is 7. The van der Waals surface area contributed by atoms with E-state index >= 15 is 0 Å². The predicted molar refractivity (Wildman–Crippen MR) is 166 cm³/mol. The maximum atomic E-state index is 13.2. The first-order chi connectivity index (χ1) is 19.5. The van der Waals surface area contributed by atoms with Crippen LogP contribution < -0.4 is 5.32 Å². The Hall–Kier alpha value is -1.85. The Morgan fingerprint density at radius 2 is 1.83 bits per heavy atom. The van der Waals surface area contributed by atoms with Crippen LogP contribution in [-0.4, -0.2) is 32.9 Å². The summed E-state index contributed by atoms with van der Waals surface area (Å²) in [6, 6.07) is 8.31. The molecule has 226 valence electrons. The van der Waals surface area contributed by atoms with E-state index in [0.717, 1.165) is 49.7 Å². The summed E-state index contributed by atoms with van der Waals surface area (Å²) in [4.78, 5) is 13.2. The van der Waals surface area contributed by atoms with Gasteiger partial charge in [-0.2, -0.15) is 0 Å². The van der Waals surface area contributed by atoms with Crippen molar-refractivity contribution in [3.63, 3.8) is 0 Å². The molecule has 0 aliphatic heterocycles. The highest BCUT2D eigenvalue weighted by atomic mass is 16.3. The molecule has 0 unspecified atom stereocenters. The summed E-state index contributed by atoms with van der Waals surface area (Å²) in [6.07, 6.45) is 11.9. The molecule has 1 aromatic carbocycles. The third kappa shape index (κ3) is 4.97. The average Bonchev–Trinajstić information content (AvgIpc) is 3.50. The third-order valence-corrected chi connectivity index (χ3v) is 13.0. The van der Waals surface area contributed by atoms with Crippen LogP contribution in [0.25, 0.3) is 10.9 Å². The quantitative estimate of drug-likeness (QED) is 0.325. The molecule has 41 heavy (non-hydrogen) atoms. The summed E-state index contributed by atoms with van der Waals surface area (Å²) in [7, 11) is 0. The summed E-state index contributed by atoms with van der Waals surface area (Å²) >= 11 is 0. The van der Waals surface area contributed by atoms with Crippen LogP contribution in [0.2, 0.25) is 0 Å². The highest BCUT2D eigenvalue weighted by molar-refractivity contribution is 6.01. The van der Waals surface area contributed by atoms with Crippen molar-refractivity contribution in [2.75, 3.05) is 5.32 Å². The largest absolute Gasteiger partial charge is 0.393 e. The maximum Gasteiger partial charge on any atom is 0.224 e. The Bertz CT molecular complexity index is 1250. The monoisotopic (exact) mass is 562 g/mol. The van der Waals surface area contributed by atoms with Gasteiger partial charge < -0.3 is 20.1 Å². The summed E-state index contributed by atoms with van der Waals surface area (Å²) < 4.78 is 2.28. The molecular formula is C36H54N2O3. The van der Waals surface area contributed by atoms with Crippen molar-refractivity contribution in [1.82, 2.24) is 4.57 Å². The second kappa shape index (κ2) is 11.0. The molecule has 0 radical (unpaired) electrons. The van der Waals surface area contributed by atoms with Gasteiger partial charge >= 0.3 is 0 Å². The highest BCUT2D eigenvalue weighted by Gasteiger charge is 2.63. The van der Waals surface area contributed by atoms with E-state index in [1.54, 1.807) is 0 Å². The van der Waals surface area contributed by atoms with Crippen molar-refractivity contribution < 1.29 is 15.0 Å². The fourth-order valence-electron chi connectivity index (χ4n) is 10.8. The first-order valence-electron chi connectivity index (χ1n) is 16.8. The van der Waals surface area contributed by atoms with Gasteiger partial charge in [0, 0.05) is 24.5 Å². The maximum absolute atomic E-state index is 13.2. The Morgan fingerprint density at radius 1 is 1.02 bits per heavy atom. The summed E-state index contributed by atoms with van der Waals surface area (Å²) in [5, 5.41) is 26.6. The molecule has 3 N–H and O–H groups in total. The van der Waals surface area contributed by atoms with E-state index < -0.39 is 0 Å². The molecule has 1 amide bonds.